The SMILES string of the molecule is O=C(CC1CCc2ccccc21)OCC[NH+]1C=Nc2ccccc21. The van der Waals surface area contributed by atoms with Crippen molar-refractivity contribution in [1.82, 2.24) is 0 Å². The Morgan fingerprint density at radius 2 is 2.00 bits per heavy atom. The Bertz CT molecular complexity index is 785. The number of nitrogens with one attached hydrogen (secondary N) is 1. The molecule has 2 aliphatic rings. The molecule has 1 aliphatic carbocycles. The van der Waals surface area contributed by atoms with Crippen LogP contribution < -0.4 is 4.90 Å². The van der Waals surface area contributed by atoms with Crippen molar-refractivity contribution in [2.24, 2.45) is 4.99 Å². The highest BCUT2D eigenvalue weighted by atomic mass is 16.5. The molecule has 24 heavy (non-hydrogen) atoms. The third kappa shape index (κ3) is 2.97. The molecule has 1 aliphatic heterocycles. The first-order valence-corrected chi connectivity index (χ1v) is 8.54. The van der Waals surface area contributed by atoms with E-state index in [4.69, 9.17) is 4.74 Å². The number of carbonyl (C=O) groups excluding carboxylic acids is 1. The van der Waals surface area contributed by atoms with Gasteiger partial charge in [-0.15, -0.1) is 0 Å². The van der Waals surface area contributed by atoms with Crippen LogP contribution in [0.4, 0.5) is 11.4 Å². The highest BCUT2D eigenvalue weighted by molar-refractivity contribution is 5.72. The molecule has 2 aromatic rings. The van der Waals surface area contributed by atoms with Crippen LogP contribution >= 0.6 is 0 Å². The molecule has 1 heterocycles. The van der Waals surface area contributed by atoms with Gasteiger partial charge >= 0.3 is 5.97 Å². The second kappa shape index (κ2) is 6.57. The summed E-state index contributed by atoms with van der Waals surface area (Å²) in [6, 6.07) is 16.5. The van der Waals surface area contributed by atoms with Crippen LogP contribution in [0.1, 0.15) is 29.9 Å². The van der Waals surface area contributed by atoms with E-state index in [9.17, 15) is 4.79 Å². The van der Waals surface area contributed by atoms with Crippen LogP contribution in [-0.4, -0.2) is 25.5 Å². The average molecular weight is 321 g/mol. The minimum Gasteiger partial charge on any atom is -0.460 e. The molecular formula is C20H21N2O2+. The number of quaternary nitrogens is 1. The van der Waals surface area contributed by atoms with E-state index < -0.39 is 0 Å². The second-order valence-corrected chi connectivity index (χ2v) is 6.41. The Morgan fingerprint density at radius 1 is 1.17 bits per heavy atom. The minimum absolute atomic E-state index is 0.0967. The number of para-hydroxylation sites is 2. The number of benzene rings is 2. The van der Waals surface area contributed by atoms with Crippen molar-refractivity contribution in [2.45, 2.75) is 25.2 Å². The fraction of sp³-hybridized carbons (Fsp3) is 0.300. The highest BCUT2D eigenvalue weighted by Gasteiger charge is 2.25. The van der Waals surface area contributed by atoms with Gasteiger partial charge in [0.15, 0.2) is 12.0 Å². The van der Waals surface area contributed by atoms with Crippen LogP contribution in [0.25, 0.3) is 0 Å². The van der Waals surface area contributed by atoms with Gasteiger partial charge in [0, 0.05) is 6.07 Å². The number of ether oxygens (including phenoxy) is 1. The highest BCUT2D eigenvalue weighted by Crippen LogP contribution is 2.35. The summed E-state index contributed by atoms with van der Waals surface area (Å²) < 4.78 is 5.47. The summed E-state index contributed by atoms with van der Waals surface area (Å²) >= 11 is 0. The molecule has 1 N–H and O–H groups in total. The first kappa shape index (κ1) is 15.1. The molecule has 4 rings (SSSR count). The fourth-order valence-corrected chi connectivity index (χ4v) is 3.67. The zero-order chi connectivity index (χ0) is 16.4. The number of aliphatic imine (C=N–C) groups is 1. The van der Waals surface area contributed by atoms with Gasteiger partial charge in [-0.25, -0.2) is 0 Å². The lowest BCUT2D eigenvalue weighted by molar-refractivity contribution is -0.720. The summed E-state index contributed by atoms with van der Waals surface area (Å²) in [6.45, 7) is 1.14. The van der Waals surface area contributed by atoms with Crippen LogP contribution in [0.15, 0.2) is 53.5 Å². The van der Waals surface area contributed by atoms with E-state index in [2.05, 4.69) is 35.3 Å². The van der Waals surface area contributed by atoms with Crippen molar-refractivity contribution >= 4 is 23.7 Å². The third-order valence-electron chi connectivity index (χ3n) is 4.91. The van der Waals surface area contributed by atoms with Gasteiger partial charge < -0.3 is 4.74 Å². The molecule has 0 bridgehead atoms. The van der Waals surface area contributed by atoms with Crippen LogP contribution in [-0.2, 0) is 16.0 Å². The molecule has 4 heteroatoms. The van der Waals surface area contributed by atoms with Crippen molar-refractivity contribution in [1.29, 1.82) is 0 Å². The van der Waals surface area contributed by atoms with Crippen LogP contribution in [0, 0.1) is 0 Å². The Morgan fingerprint density at radius 3 is 2.96 bits per heavy atom. The van der Waals surface area contributed by atoms with Crippen molar-refractivity contribution < 1.29 is 14.4 Å². The Kier molecular flexibility index (Phi) is 4.13. The summed E-state index contributed by atoms with van der Waals surface area (Å²) in [5.74, 6) is 0.218. The maximum atomic E-state index is 12.2. The largest absolute Gasteiger partial charge is 0.460 e. The molecule has 0 radical (unpaired) electrons. The van der Waals surface area contributed by atoms with Crippen molar-refractivity contribution in [3.05, 3.63) is 59.7 Å². The van der Waals surface area contributed by atoms with Gasteiger partial charge in [0.2, 0.25) is 0 Å². The van der Waals surface area contributed by atoms with Crippen LogP contribution in [0.3, 0.4) is 0 Å². The topological polar surface area (TPSA) is 43.1 Å². The van der Waals surface area contributed by atoms with E-state index in [0.717, 1.165) is 29.1 Å². The molecule has 122 valence electrons. The van der Waals surface area contributed by atoms with Gasteiger partial charge in [-0.2, -0.15) is 4.99 Å². The molecule has 2 unspecified atom stereocenters. The van der Waals surface area contributed by atoms with Gasteiger partial charge in [0.25, 0.3) is 0 Å². The molecule has 0 amide bonds. The van der Waals surface area contributed by atoms with Gasteiger partial charge in [-0.1, -0.05) is 36.4 Å². The molecule has 4 nitrogen and oxygen atoms in total. The van der Waals surface area contributed by atoms with Crippen LogP contribution in [0.5, 0.6) is 0 Å². The van der Waals surface area contributed by atoms with E-state index in [1.54, 1.807) is 0 Å². The number of carbonyl (C=O) groups is 1. The zero-order valence-electron chi connectivity index (χ0n) is 13.6. The normalized spacial score (nSPS) is 20.7. The lowest BCUT2D eigenvalue weighted by atomic mass is 9.98. The summed E-state index contributed by atoms with van der Waals surface area (Å²) in [6.07, 6.45) is 4.48. The van der Waals surface area contributed by atoms with Gasteiger partial charge in [0.1, 0.15) is 18.8 Å². The van der Waals surface area contributed by atoms with Gasteiger partial charge in [-0.3, -0.25) is 9.69 Å². The van der Waals surface area contributed by atoms with Gasteiger partial charge in [-0.05, 0) is 36.0 Å². The Hall–Kier alpha value is -2.46. The maximum absolute atomic E-state index is 12.2. The maximum Gasteiger partial charge on any atom is 0.306 e. The molecule has 0 saturated carbocycles. The Balaban J connectivity index is 1.27. The van der Waals surface area contributed by atoms with E-state index in [-0.39, 0.29) is 5.97 Å². The van der Waals surface area contributed by atoms with E-state index in [1.807, 2.05) is 24.5 Å². The molecule has 0 fully saturated rings. The number of hydrogen-bond acceptors (Lipinski definition) is 3. The minimum atomic E-state index is -0.0967. The van der Waals surface area contributed by atoms with Gasteiger partial charge in [0.05, 0.1) is 6.42 Å². The molecule has 0 saturated heterocycles. The number of nitrogens with zero attached hydrogens (tertiary/aromatic N) is 1. The Labute approximate surface area is 141 Å². The quantitative estimate of drug-likeness (QED) is 0.860. The molecular weight excluding hydrogens is 300 g/mol. The monoisotopic (exact) mass is 321 g/mol. The predicted molar refractivity (Wildman–Crippen MR) is 93.2 cm³/mol. The molecule has 2 atom stereocenters. The summed E-state index contributed by atoms with van der Waals surface area (Å²) in [5, 5.41) is 0. The predicted octanol–water partition coefficient (Wildman–Crippen LogP) is 2.54. The first-order valence-electron chi connectivity index (χ1n) is 8.54. The van der Waals surface area contributed by atoms with E-state index in [1.165, 1.54) is 11.1 Å². The lowest BCUT2D eigenvalue weighted by Gasteiger charge is -2.13. The standard InChI is InChI=1S/C20H20N2O2/c23-20(13-16-10-9-15-5-1-2-6-17(15)16)24-12-11-22-14-21-18-7-3-4-8-19(18)22/h1-8,14,16H,9-13H2/p+1. The van der Waals surface area contributed by atoms with E-state index in [0.29, 0.717) is 25.5 Å². The lowest BCUT2D eigenvalue weighted by Crippen LogP contribution is -3.05. The summed E-state index contributed by atoms with van der Waals surface area (Å²) in [4.78, 5) is 17.7. The number of hydrogen-bond donors (Lipinski definition) is 1. The molecule has 2 aromatic carbocycles. The number of rotatable bonds is 5. The fourth-order valence-electron chi connectivity index (χ4n) is 3.67. The van der Waals surface area contributed by atoms with E-state index >= 15 is 0 Å². The molecule has 0 aromatic heterocycles. The number of esters is 1. The first-order chi connectivity index (χ1) is 11.8. The summed E-state index contributed by atoms with van der Waals surface area (Å²) in [7, 11) is 0. The van der Waals surface area contributed by atoms with Crippen molar-refractivity contribution in [3.8, 4) is 0 Å². The average Bonchev–Trinajstić information content (AvgIpc) is 3.20. The third-order valence-corrected chi connectivity index (χ3v) is 4.91. The molecule has 0 spiro atoms. The number of aryl methyl sites for hydroxylation is 1. The van der Waals surface area contributed by atoms with Crippen LogP contribution in [0.2, 0.25) is 0 Å². The smallest absolute Gasteiger partial charge is 0.306 e. The summed E-state index contributed by atoms with van der Waals surface area (Å²) in [5.41, 5.74) is 4.85. The van der Waals surface area contributed by atoms with Crippen molar-refractivity contribution in [3.63, 3.8) is 0 Å². The zero-order valence-corrected chi connectivity index (χ0v) is 13.6. The number of fused-ring (bicyclic) bond motifs is 2. The van der Waals surface area contributed by atoms with Crippen molar-refractivity contribution in [2.75, 3.05) is 13.2 Å². The second-order valence-electron chi connectivity index (χ2n) is 6.41.